The molecule has 0 bridgehead atoms. The van der Waals surface area contributed by atoms with E-state index in [0.717, 1.165) is 27.6 Å². The second-order valence-electron chi connectivity index (χ2n) is 4.13. The molecular weight excluding hydrogens is 216 g/mol. The Morgan fingerprint density at radius 1 is 0.611 bits per heavy atom. The molecule has 0 nitrogen and oxygen atoms in total. The third kappa shape index (κ3) is 1.93. The zero-order valence-electron chi connectivity index (χ0n) is 10.4. The second kappa shape index (κ2) is 4.89. The average molecular weight is 232 g/mol. The Hall–Kier alpha value is -2.34. The number of rotatable bonds is 4. The van der Waals surface area contributed by atoms with E-state index in [1.54, 1.807) is 0 Å². The highest BCUT2D eigenvalue weighted by atomic mass is 14.1. The largest absolute Gasteiger partial charge is 0.0985 e. The average Bonchev–Trinajstić information content (AvgIpc) is 2.44. The summed E-state index contributed by atoms with van der Waals surface area (Å²) in [6.07, 6.45) is 7.44. The van der Waals surface area contributed by atoms with Crippen molar-refractivity contribution in [3.63, 3.8) is 0 Å². The summed E-state index contributed by atoms with van der Waals surface area (Å²) in [6, 6.07) is 8.41. The molecule has 0 saturated heterocycles. The predicted octanol–water partition coefficient (Wildman–Crippen LogP) is 5.41. The monoisotopic (exact) mass is 232 g/mol. The molecule has 0 aliphatic heterocycles. The van der Waals surface area contributed by atoms with Crippen molar-refractivity contribution < 1.29 is 0 Å². The Bertz CT molecular complexity index is 603. The van der Waals surface area contributed by atoms with Gasteiger partial charge in [0.2, 0.25) is 0 Å². The van der Waals surface area contributed by atoms with Gasteiger partial charge >= 0.3 is 0 Å². The van der Waals surface area contributed by atoms with Gasteiger partial charge in [-0.15, -0.1) is 0 Å². The summed E-state index contributed by atoms with van der Waals surface area (Å²) in [5.74, 6) is 0. The van der Waals surface area contributed by atoms with Crippen molar-refractivity contribution in [1.29, 1.82) is 0 Å². The molecule has 0 aliphatic rings. The van der Waals surface area contributed by atoms with Gasteiger partial charge in [0.25, 0.3) is 0 Å². The van der Waals surface area contributed by atoms with Crippen molar-refractivity contribution in [1.82, 2.24) is 0 Å². The fourth-order valence-electron chi connectivity index (χ4n) is 2.19. The van der Waals surface area contributed by atoms with Crippen molar-refractivity contribution in [2.24, 2.45) is 0 Å². The minimum absolute atomic E-state index is 1.09. The van der Waals surface area contributed by atoms with E-state index < -0.39 is 0 Å². The predicted molar refractivity (Wildman–Crippen MR) is 84.3 cm³/mol. The molecule has 0 saturated carbocycles. The number of hydrogen-bond acceptors (Lipinski definition) is 0. The Morgan fingerprint density at radius 2 is 1.06 bits per heavy atom. The van der Waals surface area contributed by atoms with Crippen LogP contribution in [0.4, 0.5) is 0 Å². The van der Waals surface area contributed by atoms with Gasteiger partial charge in [-0.25, -0.2) is 0 Å². The van der Waals surface area contributed by atoms with E-state index in [4.69, 9.17) is 0 Å². The first-order valence-corrected chi connectivity index (χ1v) is 5.85. The van der Waals surface area contributed by atoms with E-state index in [9.17, 15) is 0 Å². The molecule has 0 heteroatoms. The van der Waals surface area contributed by atoms with Crippen molar-refractivity contribution in [2.45, 2.75) is 0 Å². The van der Waals surface area contributed by atoms with Crippen molar-refractivity contribution in [3.8, 4) is 0 Å². The highest BCUT2D eigenvalue weighted by Gasteiger charge is 2.05. The fraction of sp³-hybridized carbons (Fsp3) is 0. The quantitative estimate of drug-likeness (QED) is 0.661. The molecule has 0 aliphatic carbocycles. The first-order valence-electron chi connectivity index (χ1n) is 5.85. The van der Waals surface area contributed by atoms with Crippen LogP contribution in [-0.4, -0.2) is 0 Å². The fourth-order valence-corrected chi connectivity index (χ4v) is 2.19. The van der Waals surface area contributed by atoms with Crippen LogP contribution >= 0.6 is 0 Å². The Labute approximate surface area is 108 Å². The Balaban J connectivity index is 2.97. The second-order valence-corrected chi connectivity index (χ2v) is 4.13. The van der Waals surface area contributed by atoms with Gasteiger partial charge in [0.1, 0.15) is 0 Å². The molecule has 0 aromatic heterocycles. The molecule has 0 spiro atoms. The van der Waals surface area contributed by atoms with Gasteiger partial charge in [-0.3, -0.25) is 0 Å². The van der Waals surface area contributed by atoms with E-state index in [-0.39, 0.29) is 0 Å². The van der Waals surface area contributed by atoms with Gasteiger partial charge in [0.15, 0.2) is 0 Å². The molecule has 18 heavy (non-hydrogen) atoms. The highest BCUT2D eigenvalue weighted by molar-refractivity contribution is 5.99. The number of hydrogen-bond donors (Lipinski definition) is 0. The van der Waals surface area contributed by atoms with Crippen LogP contribution in [0.15, 0.2) is 50.6 Å². The van der Waals surface area contributed by atoms with E-state index in [2.05, 4.69) is 50.6 Å². The van der Waals surface area contributed by atoms with Crippen LogP contribution in [0.5, 0.6) is 0 Å². The van der Waals surface area contributed by atoms with Gasteiger partial charge in [0, 0.05) is 0 Å². The molecular formula is C18H16. The lowest BCUT2D eigenvalue weighted by Gasteiger charge is -2.10. The lowest BCUT2D eigenvalue weighted by atomic mass is 9.94. The zero-order valence-corrected chi connectivity index (χ0v) is 10.4. The van der Waals surface area contributed by atoms with Gasteiger partial charge in [-0.05, 0) is 57.3 Å². The highest BCUT2D eigenvalue weighted by Crippen LogP contribution is 2.29. The van der Waals surface area contributed by atoms with Crippen molar-refractivity contribution in [3.05, 3.63) is 72.8 Å². The van der Waals surface area contributed by atoms with Crippen LogP contribution < -0.4 is 0 Å². The topological polar surface area (TPSA) is 0 Å². The molecule has 88 valence electrons. The molecule has 0 N–H and O–H groups in total. The third-order valence-corrected chi connectivity index (χ3v) is 3.07. The summed E-state index contributed by atoms with van der Waals surface area (Å²) >= 11 is 0. The van der Waals surface area contributed by atoms with Crippen LogP contribution in [0.2, 0.25) is 0 Å². The normalized spacial score (nSPS) is 10.0. The molecule has 2 rings (SSSR count). The molecule has 0 fully saturated rings. The van der Waals surface area contributed by atoms with Crippen LogP contribution in [0.3, 0.4) is 0 Å². The summed E-state index contributed by atoms with van der Waals surface area (Å²) < 4.78 is 0. The van der Waals surface area contributed by atoms with E-state index >= 15 is 0 Å². The summed E-state index contributed by atoms with van der Waals surface area (Å²) in [7, 11) is 0. The molecule has 2 aromatic carbocycles. The minimum atomic E-state index is 1.09. The molecule has 0 radical (unpaired) electrons. The molecule has 0 unspecified atom stereocenters. The SMILES string of the molecule is C=Cc1cc(C=C)c2c(C=C)cc(C=C)cc2c1. The first-order chi connectivity index (χ1) is 8.73. The Kier molecular flexibility index (Phi) is 3.29. The van der Waals surface area contributed by atoms with Gasteiger partial charge < -0.3 is 0 Å². The summed E-state index contributed by atoms with van der Waals surface area (Å²) in [6.45, 7) is 15.4. The maximum atomic E-state index is 3.89. The zero-order chi connectivity index (χ0) is 13.1. The maximum Gasteiger partial charge on any atom is -0.00384 e. The van der Waals surface area contributed by atoms with Crippen LogP contribution in [0.1, 0.15) is 22.3 Å². The maximum absolute atomic E-state index is 3.89. The molecule has 0 heterocycles. The summed E-state index contributed by atoms with van der Waals surface area (Å²) in [4.78, 5) is 0. The third-order valence-electron chi connectivity index (χ3n) is 3.07. The smallest absolute Gasteiger partial charge is 0.00384 e. The minimum Gasteiger partial charge on any atom is -0.0985 e. The van der Waals surface area contributed by atoms with Gasteiger partial charge in [-0.1, -0.05) is 50.6 Å². The van der Waals surface area contributed by atoms with Gasteiger partial charge in [-0.2, -0.15) is 0 Å². The van der Waals surface area contributed by atoms with Crippen molar-refractivity contribution in [2.75, 3.05) is 0 Å². The van der Waals surface area contributed by atoms with Crippen molar-refractivity contribution >= 4 is 35.1 Å². The standard InChI is InChI=1S/C18H16/c1-5-13-9-15(7-3)18-16(8-4)10-14(6-2)12-17(18)11-13/h5-12H,1-4H2. The molecule has 0 atom stereocenters. The Morgan fingerprint density at radius 3 is 1.39 bits per heavy atom. The summed E-state index contributed by atoms with van der Waals surface area (Å²) in [5.41, 5.74) is 4.39. The van der Waals surface area contributed by atoms with Crippen LogP contribution in [0, 0.1) is 0 Å². The summed E-state index contributed by atoms with van der Waals surface area (Å²) in [5, 5.41) is 2.34. The lowest BCUT2D eigenvalue weighted by Crippen LogP contribution is -1.87. The molecule has 0 amide bonds. The van der Waals surface area contributed by atoms with Crippen LogP contribution in [-0.2, 0) is 0 Å². The van der Waals surface area contributed by atoms with E-state index in [1.807, 2.05) is 24.3 Å². The van der Waals surface area contributed by atoms with Gasteiger partial charge in [0.05, 0.1) is 0 Å². The molecule has 2 aromatic rings. The number of benzene rings is 2. The lowest BCUT2D eigenvalue weighted by molar-refractivity contribution is 1.64. The first kappa shape index (κ1) is 12.1. The number of fused-ring (bicyclic) bond motifs is 1. The van der Waals surface area contributed by atoms with Crippen LogP contribution in [0.25, 0.3) is 35.1 Å². The van der Waals surface area contributed by atoms with E-state index in [0.29, 0.717) is 0 Å². The van der Waals surface area contributed by atoms with E-state index in [1.165, 1.54) is 5.39 Å².